The molecular formula is C19H23N. The minimum Gasteiger partial charge on any atom is -0.317 e. The number of rotatable bonds is 2. The summed E-state index contributed by atoms with van der Waals surface area (Å²) in [5, 5.41) is 3.51. The van der Waals surface area contributed by atoms with Gasteiger partial charge in [-0.1, -0.05) is 54.1 Å². The van der Waals surface area contributed by atoms with Gasteiger partial charge < -0.3 is 5.32 Å². The van der Waals surface area contributed by atoms with Crippen LogP contribution in [0, 0.1) is 13.8 Å². The van der Waals surface area contributed by atoms with E-state index in [1.54, 1.807) is 0 Å². The zero-order valence-corrected chi connectivity index (χ0v) is 12.4. The van der Waals surface area contributed by atoms with Crippen molar-refractivity contribution in [3.05, 3.63) is 70.8 Å². The molecule has 1 nitrogen and oxygen atoms in total. The van der Waals surface area contributed by atoms with Gasteiger partial charge in [-0.15, -0.1) is 0 Å². The van der Waals surface area contributed by atoms with Crippen LogP contribution in [0.1, 0.15) is 35.1 Å². The highest BCUT2D eigenvalue weighted by atomic mass is 14.9. The fraction of sp³-hybridized carbons (Fsp3) is 0.368. The molecule has 1 heterocycles. The molecule has 3 rings (SSSR count). The Hall–Kier alpha value is -1.60. The van der Waals surface area contributed by atoms with E-state index in [0.29, 0.717) is 0 Å². The normalized spacial score (nSPS) is 17.9. The van der Waals surface area contributed by atoms with Crippen molar-refractivity contribution in [2.24, 2.45) is 0 Å². The van der Waals surface area contributed by atoms with Gasteiger partial charge in [0.1, 0.15) is 0 Å². The quantitative estimate of drug-likeness (QED) is 0.866. The fourth-order valence-corrected chi connectivity index (χ4v) is 3.67. The lowest BCUT2D eigenvalue weighted by Gasteiger charge is -2.40. The first-order valence-electron chi connectivity index (χ1n) is 7.56. The average molecular weight is 265 g/mol. The van der Waals surface area contributed by atoms with E-state index in [1.165, 1.54) is 35.1 Å². The minimum absolute atomic E-state index is 0.185. The van der Waals surface area contributed by atoms with Crippen molar-refractivity contribution in [1.82, 2.24) is 5.32 Å². The lowest BCUT2D eigenvalue weighted by atomic mass is 9.67. The van der Waals surface area contributed by atoms with E-state index in [0.717, 1.165) is 13.1 Å². The third kappa shape index (κ3) is 2.27. The van der Waals surface area contributed by atoms with Crippen LogP contribution in [0.5, 0.6) is 0 Å². The van der Waals surface area contributed by atoms with Crippen LogP contribution in [0.2, 0.25) is 0 Å². The Morgan fingerprint density at radius 2 is 1.60 bits per heavy atom. The van der Waals surface area contributed by atoms with Crippen LogP contribution in [-0.4, -0.2) is 13.1 Å². The highest BCUT2D eigenvalue weighted by molar-refractivity contribution is 5.45. The van der Waals surface area contributed by atoms with Crippen molar-refractivity contribution in [2.75, 3.05) is 13.1 Å². The van der Waals surface area contributed by atoms with Crippen LogP contribution in [-0.2, 0) is 5.41 Å². The maximum Gasteiger partial charge on any atom is 0.0229 e. The highest BCUT2D eigenvalue weighted by Crippen LogP contribution is 2.41. The second kappa shape index (κ2) is 5.41. The summed E-state index contributed by atoms with van der Waals surface area (Å²) >= 11 is 0. The number of benzene rings is 2. The van der Waals surface area contributed by atoms with Gasteiger partial charge in [0.25, 0.3) is 0 Å². The van der Waals surface area contributed by atoms with Gasteiger partial charge >= 0.3 is 0 Å². The van der Waals surface area contributed by atoms with Crippen LogP contribution < -0.4 is 5.32 Å². The second-order valence-electron chi connectivity index (χ2n) is 6.02. The predicted octanol–water partition coefficient (Wildman–Crippen LogP) is 3.97. The van der Waals surface area contributed by atoms with E-state index in [4.69, 9.17) is 0 Å². The Balaban J connectivity index is 2.15. The van der Waals surface area contributed by atoms with Crippen LogP contribution in [0.3, 0.4) is 0 Å². The Labute approximate surface area is 122 Å². The van der Waals surface area contributed by atoms with Crippen molar-refractivity contribution in [3.63, 3.8) is 0 Å². The van der Waals surface area contributed by atoms with Gasteiger partial charge in [-0.2, -0.15) is 0 Å². The van der Waals surface area contributed by atoms with Crippen molar-refractivity contribution in [1.29, 1.82) is 0 Å². The lowest BCUT2D eigenvalue weighted by molar-refractivity contribution is 0.361. The number of nitrogens with one attached hydrogen (secondary N) is 1. The number of hydrogen-bond donors (Lipinski definition) is 1. The van der Waals surface area contributed by atoms with Crippen molar-refractivity contribution in [3.8, 4) is 0 Å². The molecular weight excluding hydrogens is 242 g/mol. The highest BCUT2D eigenvalue weighted by Gasteiger charge is 2.36. The summed E-state index contributed by atoms with van der Waals surface area (Å²) < 4.78 is 0. The van der Waals surface area contributed by atoms with E-state index < -0.39 is 0 Å². The van der Waals surface area contributed by atoms with Crippen LogP contribution in [0.15, 0.2) is 48.5 Å². The van der Waals surface area contributed by atoms with Crippen LogP contribution >= 0.6 is 0 Å². The Bertz CT molecular complexity index is 580. The number of hydrogen-bond acceptors (Lipinski definition) is 1. The molecule has 1 saturated heterocycles. The molecule has 1 aliphatic rings. The van der Waals surface area contributed by atoms with Crippen molar-refractivity contribution in [2.45, 2.75) is 32.1 Å². The summed E-state index contributed by atoms with van der Waals surface area (Å²) in [5.41, 5.74) is 5.94. The summed E-state index contributed by atoms with van der Waals surface area (Å²) in [6.07, 6.45) is 2.36. The molecule has 0 aliphatic carbocycles. The van der Waals surface area contributed by atoms with E-state index in [1.807, 2.05) is 0 Å². The first-order chi connectivity index (χ1) is 9.72. The number of piperidine rings is 1. The molecule has 0 spiro atoms. The third-order valence-corrected chi connectivity index (χ3v) is 4.68. The summed E-state index contributed by atoms with van der Waals surface area (Å²) in [7, 11) is 0. The SMILES string of the molecule is Cc1ccc(C2(c3ccccc3)CCNCC2)c(C)c1. The first kappa shape index (κ1) is 13.4. The second-order valence-corrected chi connectivity index (χ2v) is 6.02. The van der Waals surface area contributed by atoms with Gasteiger partial charge in [0.2, 0.25) is 0 Å². The fourth-order valence-electron chi connectivity index (χ4n) is 3.67. The average Bonchev–Trinajstić information content (AvgIpc) is 2.49. The third-order valence-electron chi connectivity index (χ3n) is 4.68. The van der Waals surface area contributed by atoms with Gasteiger partial charge in [-0.3, -0.25) is 0 Å². The predicted molar refractivity (Wildman–Crippen MR) is 85.2 cm³/mol. The maximum atomic E-state index is 3.51. The lowest BCUT2D eigenvalue weighted by Crippen LogP contribution is -2.41. The largest absolute Gasteiger partial charge is 0.317 e. The maximum absolute atomic E-state index is 3.51. The van der Waals surface area contributed by atoms with Gasteiger partial charge in [-0.05, 0) is 56.5 Å². The van der Waals surface area contributed by atoms with Crippen molar-refractivity contribution >= 4 is 0 Å². The molecule has 0 bridgehead atoms. The molecule has 1 fully saturated rings. The molecule has 20 heavy (non-hydrogen) atoms. The van der Waals surface area contributed by atoms with Crippen LogP contribution in [0.25, 0.3) is 0 Å². The van der Waals surface area contributed by atoms with Crippen molar-refractivity contribution < 1.29 is 0 Å². The molecule has 104 valence electrons. The summed E-state index contributed by atoms with van der Waals surface area (Å²) in [6, 6.07) is 18.0. The zero-order chi connectivity index (χ0) is 14.0. The zero-order valence-electron chi connectivity index (χ0n) is 12.4. The smallest absolute Gasteiger partial charge is 0.0229 e. The van der Waals surface area contributed by atoms with Gasteiger partial charge in [0, 0.05) is 5.41 Å². The summed E-state index contributed by atoms with van der Waals surface area (Å²) in [6.45, 7) is 6.63. The number of aryl methyl sites for hydroxylation is 2. The Morgan fingerprint density at radius 1 is 0.900 bits per heavy atom. The van der Waals surface area contributed by atoms with E-state index in [-0.39, 0.29) is 5.41 Å². The van der Waals surface area contributed by atoms with Crippen LogP contribution in [0.4, 0.5) is 0 Å². The molecule has 1 aliphatic heterocycles. The van der Waals surface area contributed by atoms with E-state index in [2.05, 4.69) is 67.7 Å². The molecule has 0 unspecified atom stereocenters. The molecule has 1 N–H and O–H groups in total. The first-order valence-corrected chi connectivity index (χ1v) is 7.56. The molecule has 0 atom stereocenters. The monoisotopic (exact) mass is 265 g/mol. The molecule has 0 aromatic heterocycles. The molecule has 0 saturated carbocycles. The van der Waals surface area contributed by atoms with Gasteiger partial charge in [-0.25, -0.2) is 0 Å². The molecule has 2 aromatic carbocycles. The summed E-state index contributed by atoms with van der Waals surface area (Å²) in [5.74, 6) is 0. The topological polar surface area (TPSA) is 12.0 Å². The Morgan fingerprint density at radius 3 is 2.25 bits per heavy atom. The van der Waals surface area contributed by atoms with Gasteiger partial charge in [0.05, 0.1) is 0 Å². The van der Waals surface area contributed by atoms with E-state index in [9.17, 15) is 0 Å². The minimum atomic E-state index is 0.185. The standard InChI is InChI=1S/C19H23N/c1-15-8-9-18(16(2)14-15)19(10-12-20-13-11-19)17-6-4-3-5-7-17/h3-9,14,20H,10-13H2,1-2H3. The van der Waals surface area contributed by atoms with E-state index >= 15 is 0 Å². The molecule has 0 radical (unpaired) electrons. The molecule has 0 amide bonds. The summed E-state index contributed by atoms with van der Waals surface area (Å²) in [4.78, 5) is 0. The Kier molecular flexibility index (Phi) is 3.62. The molecule has 1 heteroatoms. The van der Waals surface area contributed by atoms with Gasteiger partial charge in [0.15, 0.2) is 0 Å². The molecule has 2 aromatic rings.